The molecule has 0 aliphatic carbocycles. The summed E-state index contributed by atoms with van der Waals surface area (Å²) >= 11 is 0. The van der Waals surface area contributed by atoms with Gasteiger partial charge in [-0.05, 0) is 42.8 Å². The molecular weight excluding hydrogens is 318 g/mol. The molecule has 0 fully saturated rings. The van der Waals surface area contributed by atoms with E-state index in [1.807, 2.05) is 49.4 Å². The molecule has 0 aliphatic heterocycles. The summed E-state index contributed by atoms with van der Waals surface area (Å²) in [4.78, 5) is 4.39. The molecule has 2 aromatic rings. The lowest BCUT2D eigenvalue weighted by molar-refractivity contribution is 0.146. The molecule has 2 aromatic carbocycles. The van der Waals surface area contributed by atoms with Crippen LogP contribution in [-0.4, -0.2) is 33.4 Å². The summed E-state index contributed by atoms with van der Waals surface area (Å²) in [7, 11) is 3.28. The number of methoxy groups -OCH3 is 2. The maximum atomic E-state index is 5.97. The maximum Gasteiger partial charge on any atom is 0.193 e. The van der Waals surface area contributed by atoms with Crippen molar-refractivity contribution in [3.05, 3.63) is 53.6 Å². The van der Waals surface area contributed by atoms with Crippen molar-refractivity contribution in [2.45, 2.75) is 13.5 Å². The smallest absolute Gasteiger partial charge is 0.193 e. The van der Waals surface area contributed by atoms with E-state index in [-0.39, 0.29) is 0 Å². The van der Waals surface area contributed by atoms with Gasteiger partial charge in [-0.1, -0.05) is 12.1 Å². The minimum atomic E-state index is 0.341. The quantitative estimate of drug-likeness (QED) is 0.438. The number of aryl methyl sites for hydroxylation is 1. The molecule has 6 nitrogen and oxygen atoms in total. The Labute approximate surface area is 148 Å². The van der Waals surface area contributed by atoms with E-state index in [2.05, 4.69) is 10.3 Å². The zero-order valence-electron chi connectivity index (χ0n) is 14.9. The van der Waals surface area contributed by atoms with Crippen LogP contribution in [0.3, 0.4) is 0 Å². The van der Waals surface area contributed by atoms with Gasteiger partial charge in [-0.2, -0.15) is 0 Å². The molecule has 0 atom stereocenters. The number of guanidine groups is 1. The molecule has 0 saturated heterocycles. The van der Waals surface area contributed by atoms with Crippen LogP contribution in [0.15, 0.2) is 47.5 Å². The van der Waals surface area contributed by atoms with Crippen LogP contribution in [0.4, 0.5) is 5.69 Å². The van der Waals surface area contributed by atoms with Gasteiger partial charge in [0, 0.05) is 18.4 Å². The van der Waals surface area contributed by atoms with Crippen LogP contribution < -0.4 is 20.5 Å². The third-order valence-corrected chi connectivity index (χ3v) is 3.55. The van der Waals surface area contributed by atoms with E-state index >= 15 is 0 Å². The fourth-order valence-electron chi connectivity index (χ4n) is 2.19. The zero-order chi connectivity index (χ0) is 18.1. The van der Waals surface area contributed by atoms with Gasteiger partial charge in [0.2, 0.25) is 0 Å². The van der Waals surface area contributed by atoms with Crippen molar-refractivity contribution < 1.29 is 14.2 Å². The van der Waals surface area contributed by atoms with Gasteiger partial charge in [0.05, 0.1) is 20.3 Å². The number of ether oxygens (including phenoxy) is 3. The Bertz CT molecular complexity index is 700. The second-order valence-corrected chi connectivity index (χ2v) is 5.51. The first-order valence-corrected chi connectivity index (χ1v) is 8.04. The summed E-state index contributed by atoms with van der Waals surface area (Å²) in [6, 6.07) is 13.5. The van der Waals surface area contributed by atoms with E-state index in [0.717, 1.165) is 28.3 Å². The van der Waals surface area contributed by atoms with Crippen LogP contribution >= 0.6 is 0 Å². The fourth-order valence-corrected chi connectivity index (χ4v) is 2.19. The molecule has 0 radical (unpaired) electrons. The summed E-state index contributed by atoms with van der Waals surface area (Å²) in [6.45, 7) is 3.49. The molecule has 0 heterocycles. The van der Waals surface area contributed by atoms with E-state index in [4.69, 9.17) is 19.9 Å². The minimum absolute atomic E-state index is 0.341. The molecule has 134 valence electrons. The number of nitrogens with one attached hydrogen (secondary N) is 1. The van der Waals surface area contributed by atoms with E-state index < -0.39 is 0 Å². The van der Waals surface area contributed by atoms with Crippen LogP contribution in [0.5, 0.6) is 11.5 Å². The first-order valence-electron chi connectivity index (χ1n) is 8.04. The molecule has 0 saturated carbocycles. The Morgan fingerprint density at radius 2 is 1.84 bits per heavy atom. The fraction of sp³-hybridized carbons (Fsp3) is 0.316. The van der Waals surface area contributed by atoms with Crippen LogP contribution in [0.1, 0.15) is 11.1 Å². The Hall–Kier alpha value is -2.73. The molecule has 25 heavy (non-hydrogen) atoms. The van der Waals surface area contributed by atoms with E-state index in [1.165, 1.54) is 0 Å². The number of aliphatic imine (C=N–C) groups is 1. The van der Waals surface area contributed by atoms with Crippen LogP contribution in [0.25, 0.3) is 0 Å². The van der Waals surface area contributed by atoms with Crippen molar-refractivity contribution >= 4 is 11.6 Å². The highest BCUT2D eigenvalue weighted by Gasteiger charge is 2.05. The monoisotopic (exact) mass is 343 g/mol. The molecule has 6 heteroatoms. The second-order valence-electron chi connectivity index (χ2n) is 5.51. The number of anilines is 1. The highest BCUT2D eigenvalue weighted by Crippen LogP contribution is 2.21. The van der Waals surface area contributed by atoms with Crippen molar-refractivity contribution in [3.63, 3.8) is 0 Å². The summed E-state index contributed by atoms with van der Waals surface area (Å²) in [5.41, 5.74) is 8.92. The van der Waals surface area contributed by atoms with E-state index in [9.17, 15) is 0 Å². The molecule has 2 rings (SSSR count). The predicted molar refractivity (Wildman–Crippen MR) is 100 cm³/mol. The van der Waals surface area contributed by atoms with Crippen molar-refractivity contribution in [2.24, 2.45) is 10.7 Å². The molecule has 0 spiro atoms. The van der Waals surface area contributed by atoms with Gasteiger partial charge in [0.25, 0.3) is 0 Å². The Morgan fingerprint density at radius 3 is 2.52 bits per heavy atom. The molecule has 0 unspecified atom stereocenters. The van der Waals surface area contributed by atoms with Gasteiger partial charge in [0.15, 0.2) is 5.96 Å². The molecule has 0 aromatic heterocycles. The summed E-state index contributed by atoms with van der Waals surface area (Å²) in [5.74, 6) is 1.94. The van der Waals surface area contributed by atoms with Crippen molar-refractivity contribution in [1.29, 1.82) is 0 Å². The number of hydrogen-bond acceptors (Lipinski definition) is 4. The normalized spacial score (nSPS) is 11.2. The summed E-state index contributed by atoms with van der Waals surface area (Å²) in [5, 5.41) is 3.06. The third kappa shape index (κ3) is 6.00. The average molecular weight is 343 g/mol. The van der Waals surface area contributed by atoms with E-state index in [1.54, 1.807) is 14.2 Å². The minimum Gasteiger partial charge on any atom is -0.497 e. The number of nitrogens with zero attached hydrogens (tertiary/aromatic N) is 1. The van der Waals surface area contributed by atoms with Crippen molar-refractivity contribution in [3.8, 4) is 11.5 Å². The highest BCUT2D eigenvalue weighted by molar-refractivity contribution is 5.92. The van der Waals surface area contributed by atoms with Gasteiger partial charge < -0.3 is 25.3 Å². The number of nitrogens with two attached hydrogens (primary N) is 1. The zero-order valence-corrected chi connectivity index (χ0v) is 14.9. The predicted octanol–water partition coefficient (Wildman–Crippen LogP) is 2.96. The SMILES string of the molecule is COCCOc1cc(C)ccc1CN=C(N)Nc1ccc(OC)cc1. The van der Waals surface area contributed by atoms with Crippen LogP contribution in [-0.2, 0) is 11.3 Å². The number of benzene rings is 2. The molecule has 0 aliphatic rings. The van der Waals surface area contributed by atoms with Crippen LogP contribution in [0, 0.1) is 6.92 Å². The molecule has 3 N–H and O–H groups in total. The molecular formula is C19H25N3O3. The van der Waals surface area contributed by atoms with E-state index in [0.29, 0.717) is 25.7 Å². The van der Waals surface area contributed by atoms with Gasteiger partial charge in [0.1, 0.15) is 18.1 Å². The Kier molecular flexibility index (Phi) is 7.10. The number of hydrogen-bond donors (Lipinski definition) is 2. The van der Waals surface area contributed by atoms with Gasteiger partial charge in [-0.3, -0.25) is 0 Å². The van der Waals surface area contributed by atoms with Gasteiger partial charge in [-0.25, -0.2) is 4.99 Å². The maximum absolute atomic E-state index is 5.97. The molecule has 0 bridgehead atoms. The largest absolute Gasteiger partial charge is 0.497 e. The summed E-state index contributed by atoms with van der Waals surface area (Å²) < 4.78 is 15.9. The second kappa shape index (κ2) is 9.54. The lowest BCUT2D eigenvalue weighted by Gasteiger charge is -2.11. The average Bonchev–Trinajstić information content (AvgIpc) is 2.62. The van der Waals surface area contributed by atoms with Crippen molar-refractivity contribution in [2.75, 3.05) is 32.8 Å². The highest BCUT2D eigenvalue weighted by atomic mass is 16.5. The van der Waals surface area contributed by atoms with Crippen molar-refractivity contribution in [1.82, 2.24) is 0 Å². The number of rotatable bonds is 8. The third-order valence-electron chi connectivity index (χ3n) is 3.55. The first kappa shape index (κ1) is 18.6. The first-order chi connectivity index (χ1) is 12.1. The Morgan fingerprint density at radius 1 is 1.08 bits per heavy atom. The Balaban J connectivity index is 2.01. The molecule has 0 amide bonds. The standard InChI is InChI=1S/C19H25N3O3/c1-14-4-5-15(18(12-14)25-11-10-23-2)13-21-19(20)22-16-6-8-17(24-3)9-7-16/h4-9,12H,10-11,13H2,1-3H3,(H3,20,21,22). The summed E-state index contributed by atoms with van der Waals surface area (Å²) in [6.07, 6.45) is 0. The van der Waals surface area contributed by atoms with Crippen LogP contribution in [0.2, 0.25) is 0 Å². The topological polar surface area (TPSA) is 78.1 Å². The lowest BCUT2D eigenvalue weighted by Crippen LogP contribution is -2.22. The van der Waals surface area contributed by atoms with Gasteiger partial charge >= 0.3 is 0 Å². The lowest BCUT2D eigenvalue weighted by atomic mass is 10.1. The van der Waals surface area contributed by atoms with Gasteiger partial charge in [-0.15, -0.1) is 0 Å².